The monoisotopic (exact) mass is 357 g/mol. The van der Waals surface area contributed by atoms with Gasteiger partial charge in [0.2, 0.25) is 0 Å². The van der Waals surface area contributed by atoms with E-state index in [0.717, 1.165) is 24.5 Å². The van der Waals surface area contributed by atoms with Crippen LogP contribution in [-0.4, -0.2) is 62.4 Å². The number of nitrogens with zero attached hydrogens (tertiary/aromatic N) is 3. The molecule has 0 saturated carbocycles. The van der Waals surface area contributed by atoms with E-state index in [1.54, 1.807) is 13.2 Å². The zero-order chi connectivity index (χ0) is 18.2. The second kappa shape index (κ2) is 9.12. The van der Waals surface area contributed by atoms with Crippen molar-refractivity contribution in [2.45, 2.75) is 0 Å². The highest BCUT2D eigenvalue weighted by Crippen LogP contribution is 2.26. The van der Waals surface area contributed by atoms with Crippen molar-refractivity contribution in [2.75, 3.05) is 62.1 Å². The van der Waals surface area contributed by atoms with Crippen LogP contribution in [-0.2, 0) is 9.47 Å². The van der Waals surface area contributed by atoms with Crippen LogP contribution in [0, 0.1) is 0 Å². The highest BCUT2D eigenvalue weighted by molar-refractivity contribution is 6.05. The highest BCUT2D eigenvalue weighted by Gasteiger charge is 2.17. The minimum atomic E-state index is -0.275. The fourth-order valence-electron chi connectivity index (χ4n) is 2.71. The molecule has 26 heavy (non-hydrogen) atoms. The van der Waals surface area contributed by atoms with Gasteiger partial charge in [0, 0.05) is 32.8 Å². The molecule has 1 aliphatic rings. The zero-order valence-corrected chi connectivity index (χ0v) is 14.8. The van der Waals surface area contributed by atoms with Crippen molar-refractivity contribution in [3.8, 4) is 0 Å². The van der Waals surface area contributed by atoms with Crippen LogP contribution in [0.2, 0.25) is 0 Å². The first-order chi connectivity index (χ1) is 12.8. The summed E-state index contributed by atoms with van der Waals surface area (Å²) in [6, 6.07) is 9.38. The first-order valence-electron chi connectivity index (χ1n) is 8.56. The molecule has 1 fully saturated rings. The van der Waals surface area contributed by atoms with Gasteiger partial charge < -0.3 is 25.0 Å². The molecule has 1 saturated heterocycles. The lowest BCUT2D eigenvalue weighted by molar-refractivity contribution is 0.102. The van der Waals surface area contributed by atoms with Gasteiger partial charge >= 0.3 is 0 Å². The lowest BCUT2D eigenvalue weighted by Crippen LogP contribution is -2.36. The first kappa shape index (κ1) is 18.1. The summed E-state index contributed by atoms with van der Waals surface area (Å²) in [4.78, 5) is 23.0. The first-order valence-corrected chi connectivity index (χ1v) is 8.56. The van der Waals surface area contributed by atoms with Gasteiger partial charge in [-0.25, -0.2) is 9.97 Å². The zero-order valence-electron chi connectivity index (χ0n) is 14.8. The Balaban J connectivity index is 1.71. The van der Waals surface area contributed by atoms with Crippen LogP contribution in [0.1, 0.15) is 10.5 Å². The van der Waals surface area contributed by atoms with Gasteiger partial charge in [0.25, 0.3) is 5.91 Å². The topological polar surface area (TPSA) is 88.6 Å². The molecule has 1 aromatic carbocycles. The van der Waals surface area contributed by atoms with Crippen molar-refractivity contribution >= 4 is 23.1 Å². The predicted octanol–water partition coefficient (Wildman–Crippen LogP) is 1.62. The third kappa shape index (κ3) is 4.68. The maximum atomic E-state index is 12.6. The lowest BCUT2D eigenvalue weighted by Gasteiger charge is -2.30. The molecular formula is C18H23N5O3. The smallest absolute Gasteiger partial charge is 0.274 e. The van der Waals surface area contributed by atoms with E-state index in [9.17, 15) is 4.79 Å². The van der Waals surface area contributed by atoms with Crippen LogP contribution >= 0.6 is 0 Å². The van der Waals surface area contributed by atoms with Crippen LogP contribution in [0.25, 0.3) is 0 Å². The Kier molecular flexibility index (Phi) is 6.34. The average Bonchev–Trinajstić information content (AvgIpc) is 2.69. The molecule has 2 N–H and O–H groups in total. The van der Waals surface area contributed by atoms with Gasteiger partial charge in [-0.05, 0) is 12.1 Å². The predicted molar refractivity (Wildman–Crippen MR) is 99.8 cm³/mol. The number of aromatic nitrogens is 2. The molecule has 0 atom stereocenters. The number of ether oxygens (including phenoxy) is 2. The highest BCUT2D eigenvalue weighted by atomic mass is 16.5. The van der Waals surface area contributed by atoms with Crippen LogP contribution in [0.5, 0.6) is 0 Å². The largest absolute Gasteiger partial charge is 0.383 e. The third-order valence-electron chi connectivity index (χ3n) is 4.02. The maximum absolute atomic E-state index is 12.6. The molecule has 1 amide bonds. The summed E-state index contributed by atoms with van der Waals surface area (Å²) in [6.07, 6.45) is 1.37. The fourth-order valence-corrected chi connectivity index (χ4v) is 2.71. The Labute approximate surface area is 152 Å². The number of carbonyl (C=O) groups is 1. The number of benzene rings is 1. The molecule has 138 valence electrons. The van der Waals surface area contributed by atoms with E-state index >= 15 is 0 Å². The van der Waals surface area contributed by atoms with E-state index in [0.29, 0.717) is 37.9 Å². The summed E-state index contributed by atoms with van der Waals surface area (Å²) in [5.74, 6) is 0.312. The molecule has 0 bridgehead atoms. The van der Waals surface area contributed by atoms with Gasteiger partial charge in [-0.15, -0.1) is 0 Å². The average molecular weight is 357 g/mol. The molecule has 2 aromatic rings. The minimum absolute atomic E-state index is 0.275. The van der Waals surface area contributed by atoms with Gasteiger partial charge in [0.15, 0.2) is 0 Å². The van der Waals surface area contributed by atoms with Gasteiger partial charge in [-0.1, -0.05) is 12.1 Å². The summed E-state index contributed by atoms with van der Waals surface area (Å²) in [7, 11) is 1.63. The van der Waals surface area contributed by atoms with E-state index in [2.05, 4.69) is 25.5 Å². The van der Waals surface area contributed by atoms with Crippen LogP contribution < -0.4 is 15.5 Å². The minimum Gasteiger partial charge on any atom is -0.383 e. The number of rotatable bonds is 7. The summed E-state index contributed by atoms with van der Waals surface area (Å²) in [5, 5.41) is 6.04. The van der Waals surface area contributed by atoms with Crippen LogP contribution in [0.15, 0.2) is 36.7 Å². The van der Waals surface area contributed by atoms with Crippen molar-refractivity contribution in [1.29, 1.82) is 0 Å². The molecular weight excluding hydrogens is 334 g/mol. The van der Waals surface area contributed by atoms with Gasteiger partial charge in [0.05, 0.1) is 31.2 Å². The molecule has 3 rings (SSSR count). The number of hydrogen-bond acceptors (Lipinski definition) is 7. The summed E-state index contributed by atoms with van der Waals surface area (Å²) in [5.41, 5.74) is 2.04. The molecule has 8 nitrogen and oxygen atoms in total. The van der Waals surface area contributed by atoms with Gasteiger partial charge in [0.1, 0.15) is 17.8 Å². The lowest BCUT2D eigenvalue weighted by atomic mass is 10.2. The quantitative estimate of drug-likeness (QED) is 0.728. The molecule has 8 heteroatoms. The van der Waals surface area contributed by atoms with Crippen molar-refractivity contribution in [3.05, 3.63) is 42.4 Å². The maximum Gasteiger partial charge on any atom is 0.274 e. The summed E-state index contributed by atoms with van der Waals surface area (Å²) >= 11 is 0. The van der Waals surface area contributed by atoms with E-state index < -0.39 is 0 Å². The molecule has 2 heterocycles. The fraction of sp³-hybridized carbons (Fsp3) is 0.389. The molecule has 0 radical (unpaired) electrons. The Bertz CT molecular complexity index is 734. The standard InChI is InChI=1S/C18H23N5O3/c1-25-9-6-19-17-12-15(20-13-21-17)18(24)22-14-4-2-3-5-16(14)23-7-10-26-11-8-23/h2-5,12-13H,6-11H2,1H3,(H,22,24)(H,19,20,21). The number of hydrogen-bond donors (Lipinski definition) is 2. The Morgan fingerprint density at radius 1 is 1.27 bits per heavy atom. The number of methoxy groups -OCH3 is 1. The molecule has 1 aromatic heterocycles. The SMILES string of the molecule is COCCNc1cc(C(=O)Nc2ccccc2N2CCOCC2)ncn1. The van der Waals surface area contributed by atoms with Crippen molar-refractivity contribution in [3.63, 3.8) is 0 Å². The second-order valence-corrected chi connectivity index (χ2v) is 5.78. The number of nitrogens with one attached hydrogen (secondary N) is 2. The van der Waals surface area contributed by atoms with Crippen LogP contribution in [0.4, 0.5) is 17.2 Å². The van der Waals surface area contributed by atoms with Crippen molar-refractivity contribution in [1.82, 2.24) is 9.97 Å². The Morgan fingerprint density at radius 2 is 2.08 bits per heavy atom. The van der Waals surface area contributed by atoms with Crippen LogP contribution in [0.3, 0.4) is 0 Å². The normalized spacial score (nSPS) is 14.1. The molecule has 0 unspecified atom stereocenters. The molecule has 0 spiro atoms. The number of carbonyl (C=O) groups excluding carboxylic acids is 1. The van der Waals surface area contributed by atoms with Gasteiger partial charge in [-0.2, -0.15) is 0 Å². The number of para-hydroxylation sites is 2. The number of amides is 1. The Hall–Kier alpha value is -2.71. The Morgan fingerprint density at radius 3 is 2.88 bits per heavy atom. The van der Waals surface area contributed by atoms with E-state index in [-0.39, 0.29) is 5.91 Å². The van der Waals surface area contributed by atoms with Crippen molar-refractivity contribution in [2.24, 2.45) is 0 Å². The molecule has 0 aliphatic carbocycles. The second-order valence-electron chi connectivity index (χ2n) is 5.78. The summed E-state index contributed by atoms with van der Waals surface area (Å²) < 4.78 is 10.4. The van der Waals surface area contributed by atoms with E-state index in [1.807, 2.05) is 24.3 Å². The molecule has 1 aliphatic heterocycles. The van der Waals surface area contributed by atoms with Gasteiger partial charge in [-0.3, -0.25) is 4.79 Å². The van der Waals surface area contributed by atoms with E-state index in [4.69, 9.17) is 9.47 Å². The third-order valence-corrected chi connectivity index (χ3v) is 4.02. The van der Waals surface area contributed by atoms with Crippen molar-refractivity contribution < 1.29 is 14.3 Å². The van der Waals surface area contributed by atoms with E-state index in [1.165, 1.54) is 6.33 Å². The number of anilines is 3. The summed E-state index contributed by atoms with van der Waals surface area (Å²) in [6.45, 7) is 4.13. The number of morpholine rings is 1.